The fourth-order valence-electron chi connectivity index (χ4n) is 2.22. The molecule has 0 amide bonds. The summed E-state index contributed by atoms with van der Waals surface area (Å²) in [6.07, 6.45) is 4.36. The second kappa shape index (κ2) is 2.78. The van der Waals surface area contributed by atoms with Crippen LogP contribution in [0.4, 0.5) is 13.2 Å². The van der Waals surface area contributed by atoms with Crippen LogP contribution in [-0.2, 0) is 0 Å². The van der Waals surface area contributed by atoms with Crippen LogP contribution in [0.5, 0.6) is 0 Å². The molecule has 1 saturated carbocycles. The molecular weight excluding hydrogens is 205 g/mol. The molecule has 1 aliphatic heterocycles. The Balaban J connectivity index is 2.53. The molecule has 2 nitrogen and oxygen atoms in total. The number of allylic oxidation sites excluding steroid dienone is 2. The van der Waals surface area contributed by atoms with Gasteiger partial charge in [0.2, 0.25) is 0 Å². The summed E-state index contributed by atoms with van der Waals surface area (Å²) < 4.78 is 41.3. The van der Waals surface area contributed by atoms with E-state index in [0.29, 0.717) is 0 Å². The first-order valence-electron chi connectivity index (χ1n) is 4.73. The van der Waals surface area contributed by atoms with Gasteiger partial charge in [-0.25, -0.2) is 4.39 Å². The standard InChI is InChI=1S/C10H13F3N2/c1-9(11)8(14)7-6(10(9,12)13)4-3-5-15(7)2/h3-5,7-8H,14H2,1-2H3. The molecule has 0 spiro atoms. The lowest BCUT2D eigenvalue weighted by molar-refractivity contribution is -0.0855. The van der Waals surface area contributed by atoms with E-state index in [1.807, 2.05) is 0 Å². The Morgan fingerprint density at radius 1 is 1.40 bits per heavy atom. The maximum absolute atomic E-state index is 13.9. The Morgan fingerprint density at radius 3 is 2.53 bits per heavy atom. The van der Waals surface area contributed by atoms with E-state index in [4.69, 9.17) is 5.73 Å². The van der Waals surface area contributed by atoms with Crippen LogP contribution in [0.1, 0.15) is 6.92 Å². The minimum Gasteiger partial charge on any atom is -0.372 e. The monoisotopic (exact) mass is 218 g/mol. The Labute approximate surface area is 86.2 Å². The quantitative estimate of drug-likeness (QED) is 0.666. The Bertz CT molecular complexity index is 347. The van der Waals surface area contributed by atoms with Crippen LogP contribution in [-0.4, -0.2) is 35.6 Å². The number of alkyl halides is 3. The summed E-state index contributed by atoms with van der Waals surface area (Å²) in [6, 6.07) is -1.96. The molecule has 1 fully saturated rings. The number of rotatable bonds is 0. The van der Waals surface area contributed by atoms with E-state index in [2.05, 4.69) is 0 Å². The van der Waals surface area contributed by atoms with Crippen LogP contribution in [0.3, 0.4) is 0 Å². The molecule has 5 heteroatoms. The van der Waals surface area contributed by atoms with Gasteiger partial charge < -0.3 is 10.6 Å². The van der Waals surface area contributed by atoms with Crippen LogP contribution >= 0.6 is 0 Å². The van der Waals surface area contributed by atoms with E-state index in [-0.39, 0.29) is 5.57 Å². The highest BCUT2D eigenvalue weighted by Gasteiger charge is 2.68. The zero-order chi connectivity index (χ0) is 11.4. The van der Waals surface area contributed by atoms with E-state index < -0.39 is 23.7 Å². The topological polar surface area (TPSA) is 29.3 Å². The molecule has 3 unspecified atom stereocenters. The first-order valence-corrected chi connectivity index (χ1v) is 4.73. The molecule has 3 atom stereocenters. The predicted molar refractivity (Wildman–Crippen MR) is 51.2 cm³/mol. The highest BCUT2D eigenvalue weighted by molar-refractivity contribution is 5.41. The SMILES string of the molecule is CN1C=CC=C2C1C(N)C(C)(F)C2(F)F. The van der Waals surface area contributed by atoms with Crippen LogP contribution in [0.2, 0.25) is 0 Å². The van der Waals surface area contributed by atoms with Gasteiger partial charge in [-0.2, -0.15) is 8.78 Å². The van der Waals surface area contributed by atoms with Crippen LogP contribution in [0, 0.1) is 0 Å². The van der Waals surface area contributed by atoms with Gasteiger partial charge in [-0.1, -0.05) is 6.08 Å². The van der Waals surface area contributed by atoms with Gasteiger partial charge in [0.1, 0.15) is 0 Å². The third-order valence-corrected chi connectivity index (χ3v) is 3.30. The van der Waals surface area contributed by atoms with Crippen molar-refractivity contribution in [3.63, 3.8) is 0 Å². The first kappa shape index (κ1) is 10.5. The van der Waals surface area contributed by atoms with Crippen LogP contribution < -0.4 is 5.73 Å². The summed E-state index contributed by atoms with van der Waals surface area (Å²) >= 11 is 0. The second-order valence-electron chi connectivity index (χ2n) is 4.25. The fraction of sp³-hybridized carbons (Fsp3) is 0.600. The van der Waals surface area contributed by atoms with Crippen LogP contribution in [0.15, 0.2) is 23.9 Å². The van der Waals surface area contributed by atoms with Crippen molar-refractivity contribution in [3.05, 3.63) is 23.9 Å². The highest BCUT2D eigenvalue weighted by Crippen LogP contribution is 2.51. The zero-order valence-corrected chi connectivity index (χ0v) is 8.55. The summed E-state index contributed by atoms with van der Waals surface area (Å²) in [5.41, 5.74) is 2.64. The number of nitrogens with two attached hydrogens (primary N) is 1. The molecular formula is C10H13F3N2. The average Bonchev–Trinajstić information content (AvgIpc) is 2.27. The van der Waals surface area contributed by atoms with Crippen molar-refractivity contribution in [1.82, 2.24) is 4.90 Å². The van der Waals surface area contributed by atoms with Gasteiger partial charge in [-0.3, -0.25) is 0 Å². The van der Waals surface area contributed by atoms with Gasteiger partial charge in [0.05, 0.1) is 12.1 Å². The molecule has 0 aromatic heterocycles. The third kappa shape index (κ3) is 1.10. The molecule has 2 N–H and O–H groups in total. The van der Waals surface area contributed by atoms with Crippen molar-refractivity contribution in [2.75, 3.05) is 7.05 Å². The molecule has 1 heterocycles. The zero-order valence-electron chi connectivity index (χ0n) is 8.55. The molecule has 2 aliphatic rings. The average molecular weight is 218 g/mol. The molecule has 2 rings (SSSR count). The Kier molecular flexibility index (Phi) is 1.96. The third-order valence-electron chi connectivity index (χ3n) is 3.30. The van der Waals surface area contributed by atoms with Crippen molar-refractivity contribution in [2.24, 2.45) is 5.73 Å². The van der Waals surface area contributed by atoms with E-state index >= 15 is 0 Å². The number of hydrogen-bond donors (Lipinski definition) is 1. The van der Waals surface area contributed by atoms with Gasteiger partial charge in [-0.05, 0) is 19.2 Å². The van der Waals surface area contributed by atoms with Crippen molar-refractivity contribution in [1.29, 1.82) is 0 Å². The van der Waals surface area contributed by atoms with E-state index in [1.165, 1.54) is 17.1 Å². The number of fused-ring (bicyclic) bond motifs is 1. The first-order chi connectivity index (χ1) is 6.80. The number of halogens is 3. The molecule has 0 bridgehead atoms. The summed E-state index contributed by atoms with van der Waals surface area (Å²) in [5.74, 6) is -3.49. The summed E-state index contributed by atoms with van der Waals surface area (Å²) in [7, 11) is 1.62. The predicted octanol–water partition coefficient (Wildman–Crippen LogP) is 1.44. The van der Waals surface area contributed by atoms with Gasteiger partial charge in [0, 0.05) is 12.6 Å². The minimum absolute atomic E-state index is 0.231. The number of hydrogen-bond acceptors (Lipinski definition) is 2. The highest BCUT2D eigenvalue weighted by atomic mass is 19.3. The van der Waals surface area contributed by atoms with Gasteiger partial charge >= 0.3 is 5.92 Å². The molecule has 0 aromatic rings. The van der Waals surface area contributed by atoms with Gasteiger partial charge in [-0.15, -0.1) is 0 Å². The maximum atomic E-state index is 13.9. The van der Waals surface area contributed by atoms with Crippen molar-refractivity contribution >= 4 is 0 Å². The molecule has 0 radical (unpaired) electrons. The number of likely N-dealkylation sites (N-methyl/N-ethyl adjacent to an activating group) is 1. The molecule has 0 aromatic carbocycles. The lowest BCUT2D eigenvalue weighted by Gasteiger charge is -2.30. The molecule has 1 aliphatic carbocycles. The number of nitrogens with zero attached hydrogens (tertiary/aromatic N) is 1. The normalized spacial score (nSPS) is 42.8. The van der Waals surface area contributed by atoms with Gasteiger partial charge in [0.25, 0.3) is 0 Å². The van der Waals surface area contributed by atoms with Crippen molar-refractivity contribution < 1.29 is 13.2 Å². The van der Waals surface area contributed by atoms with Crippen LogP contribution in [0.25, 0.3) is 0 Å². The van der Waals surface area contributed by atoms with E-state index in [1.54, 1.807) is 13.2 Å². The summed E-state index contributed by atoms with van der Waals surface area (Å²) in [5, 5.41) is 0. The van der Waals surface area contributed by atoms with E-state index in [9.17, 15) is 13.2 Å². The smallest absolute Gasteiger partial charge is 0.306 e. The molecule has 15 heavy (non-hydrogen) atoms. The van der Waals surface area contributed by atoms with Crippen molar-refractivity contribution in [3.8, 4) is 0 Å². The molecule has 84 valence electrons. The van der Waals surface area contributed by atoms with Gasteiger partial charge in [0.15, 0.2) is 5.67 Å². The summed E-state index contributed by atoms with van der Waals surface area (Å²) in [4.78, 5) is 1.53. The lowest BCUT2D eigenvalue weighted by Crippen LogP contribution is -2.52. The minimum atomic E-state index is -3.49. The lowest BCUT2D eigenvalue weighted by atomic mass is 9.99. The fourth-order valence-corrected chi connectivity index (χ4v) is 2.22. The van der Waals surface area contributed by atoms with Crippen molar-refractivity contribution in [2.45, 2.75) is 30.6 Å². The van der Waals surface area contributed by atoms with E-state index in [0.717, 1.165) is 6.92 Å². The second-order valence-corrected chi connectivity index (χ2v) is 4.25. The maximum Gasteiger partial charge on any atom is 0.306 e. The Morgan fingerprint density at radius 2 is 2.00 bits per heavy atom. The summed E-state index contributed by atoms with van der Waals surface area (Å²) in [6.45, 7) is 0.866. The Hall–Kier alpha value is -0.970. The largest absolute Gasteiger partial charge is 0.372 e. The molecule has 0 saturated heterocycles.